The maximum Gasteiger partial charge on any atom is 0.147 e. The Balaban J connectivity index is 2.08. The second-order valence-corrected chi connectivity index (χ2v) is 4.56. The molecule has 4 nitrogen and oxygen atoms in total. The largest absolute Gasteiger partial charge is 0.508 e. The van der Waals surface area contributed by atoms with Gasteiger partial charge < -0.3 is 14.4 Å². The molecule has 0 unspecified atom stereocenters. The molecule has 1 aromatic heterocycles. The number of aromatic hydroxyl groups is 1. The quantitative estimate of drug-likeness (QED) is 0.901. The number of aromatic nitrogens is 2. The summed E-state index contributed by atoms with van der Waals surface area (Å²) in [6.07, 6.45) is 1.86. The summed E-state index contributed by atoms with van der Waals surface area (Å²) in [5.41, 5.74) is 1.13. The van der Waals surface area contributed by atoms with Gasteiger partial charge in [-0.1, -0.05) is 0 Å². The lowest BCUT2D eigenvalue weighted by Crippen LogP contribution is -2.10. The molecule has 0 saturated heterocycles. The smallest absolute Gasteiger partial charge is 0.147 e. The van der Waals surface area contributed by atoms with Gasteiger partial charge in [-0.2, -0.15) is 0 Å². The van der Waals surface area contributed by atoms with Crippen molar-refractivity contribution in [1.82, 2.24) is 9.55 Å². The van der Waals surface area contributed by atoms with Crippen molar-refractivity contribution in [2.24, 2.45) is 0 Å². The highest BCUT2D eigenvalue weighted by Crippen LogP contribution is 2.18. The van der Waals surface area contributed by atoms with Gasteiger partial charge in [0, 0.05) is 17.9 Å². The van der Waals surface area contributed by atoms with Crippen molar-refractivity contribution in [1.29, 1.82) is 0 Å². The summed E-state index contributed by atoms with van der Waals surface area (Å²) < 4.78 is 7.81. The predicted octanol–water partition coefficient (Wildman–Crippen LogP) is 3.06. The highest BCUT2D eigenvalue weighted by Gasteiger charge is 2.10. The summed E-state index contributed by atoms with van der Waals surface area (Å²) >= 11 is 0. The van der Waals surface area contributed by atoms with E-state index in [0.29, 0.717) is 12.6 Å². The maximum atomic E-state index is 9.19. The van der Waals surface area contributed by atoms with E-state index in [9.17, 15) is 5.11 Å². The van der Waals surface area contributed by atoms with E-state index in [1.807, 2.05) is 13.1 Å². The standard InChI is InChI=1S/C14H18N2O2/c1-10(2)16-11(3)8-15-14(16)9-18-13-6-4-12(17)5-7-13/h4-8,10,17H,9H2,1-3H3. The van der Waals surface area contributed by atoms with Crippen LogP contribution in [-0.4, -0.2) is 14.7 Å². The first-order chi connectivity index (χ1) is 8.58. The molecule has 1 aromatic carbocycles. The summed E-state index contributed by atoms with van der Waals surface area (Å²) in [4.78, 5) is 4.36. The van der Waals surface area contributed by atoms with Crippen LogP contribution < -0.4 is 4.74 Å². The van der Waals surface area contributed by atoms with E-state index in [-0.39, 0.29) is 5.75 Å². The van der Waals surface area contributed by atoms with Crippen LogP contribution in [0.3, 0.4) is 0 Å². The van der Waals surface area contributed by atoms with Crippen molar-refractivity contribution < 1.29 is 9.84 Å². The number of imidazole rings is 1. The number of ether oxygens (including phenoxy) is 1. The predicted molar refractivity (Wildman–Crippen MR) is 69.8 cm³/mol. The molecule has 18 heavy (non-hydrogen) atoms. The van der Waals surface area contributed by atoms with E-state index in [4.69, 9.17) is 4.74 Å². The first-order valence-corrected chi connectivity index (χ1v) is 6.02. The Morgan fingerprint density at radius 1 is 1.28 bits per heavy atom. The summed E-state index contributed by atoms with van der Waals surface area (Å²) in [6.45, 7) is 6.71. The first kappa shape index (κ1) is 12.5. The van der Waals surface area contributed by atoms with E-state index in [1.54, 1.807) is 24.3 Å². The second-order valence-electron chi connectivity index (χ2n) is 4.56. The molecule has 0 atom stereocenters. The van der Waals surface area contributed by atoms with Crippen molar-refractivity contribution in [2.45, 2.75) is 33.4 Å². The summed E-state index contributed by atoms with van der Waals surface area (Å²) in [5, 5.41) is 9.19. The Labute approximate surface area is 107 Å². The van der Waals surface area contributed by atoms with Gasteiger partial charge in [-0.05, 0) is 45.0 Å². The van der Waals surface area contributed by atoms with Gasteiger partial charge in [-0.25, -0.2) is 4.98 Å². The van der Waals surface area contributed by atoms with Gasteiger partial charge in [-0.3, -0.25) is 0 Å². The van der Waals surface area contributed by atoms with E-state index in [1.165, 1.54) is 0 Å². The average Bonchev–Trinajstić information content (AvgIpc) is 2.70. The van der Waals surface area contributed by atoms with Crippen molar-refractivity contribution in [2.75, 3.05) is 0 Å². The molecule has 0 fully saturated rings. The number of phenols is 1. The maximum absolute atomic E-state index is 9.19. The molecule has 0 aliphatic rings. The zero-order valence-corrected chi connectivity index (χ0v) is 10.9. The molecule has 0 amide bonds. The van der Waals surface area contributed by atoms with E-state index in [0.717, 1.165) is 17.3 Å². The molecule has 2 rings (SSSR count). The van der Waals surface area contributed by atoms with Gasteiger partial charge in [0.25, 0.3) is 0 Å². The van der Waals surface area contributed by atoms with Crippen molar-refractivity contribution in [3.05, 3.63) is 42.0 Å². The van der Waals surface area contributed by atoms with Crippen LogP contribution in [0.1, 0.15) is 31.4 Å². The van der Waals surface area contributed by atoms with Gasteiger partial charge >= 0.3 is 0 Å². The lowest BCUT2D eigenvalue weighted by Gasteiger charge is -2.14. The van der Waals surface area contributed by atoms with Crippen LogP contribution in [0, 0.1) is 6.92 Å². The minimum absolute atomic E-state index is 0.238. The third kappa shape index (κ3) is 2.64. The normalized spacial score (nSPS) is 10.9. The number of hydrogen-bond donors (Lipinski definition) is 1. The van der Waals surface area contributed by atoms with Crippen LogP contribution in [0.25, 0.3) is 0 Å². The van der Waals surface area contributed by atoms with Crippen LogP contribution in [0.2, 0.25) is 0 Å². The lowest BCUT2D eigenvalue weighted by atomic mass is 10.3. The van der Waals surface area contributed by atoms with Crippen molar-refractivity contribution in [3.63, 3.8) is 0 Å². The third-order valence-electron chi connectivity index (χ3n) is 2.78. The highest BCUT2D eigenvalue weighted by atomic mass is 16.5. The molecule has 2 aromatic rings. The molecule has 4 heteroatoms. The summed E-state index contributed by atoms with van der Waals surface area (Å²) in [7, 11) is 0. The number of aryl methyl sites for hydroxylation is 1. The SMILES string of the molecule is Cc1cnc(COc2ccc(O)cc2)n1C(C)C. The van der Waals surface area contributed by atoms with Gasteiger partial charge in [0.2, 0.25) is 0 Å². The van der Waals surface area contributed by atoms with E-state index >= 15 is 0 Å². The Hall–Kier alpha value is -1.97. The van der Waals surface area contributed by atoms with Crippen LogP contribution >= 0.6 is 0 Å². The Bertz CT molecular complexity index is 515. The van der Waals surface area contributed by atoms with E-state index < -0.39 is 0 Å². The van der Waals surface area contributed by atoms with Crippen LogP contribution in [-0.2, 0) is 6.61 Å². The second kappa shape index (κ2) is 5.12. The van der Waals surface area contributed by atoms with Gasteiger partial charge in [-0.15, -0.1) is 0 Å². The number of phenolic OH excluding ortho intramolecular Hbond substituents is 1. The number of hydrogen-bond acceptors (Lipinski definition) is 3. The molecule has 0 radical (unpaired) electrons. The van der Waals surface area contributed by atoms with Crippen LogP contribution in [0.5, 0.6) is 11.5 Å². The first-order valence-electron chi connectivity index (χ1n) is 6.02. The Kier molecular flexibility index (Phi) is 3.55. The molecule has 0 aliphatic heterocycles. The molecule has 96 valence electrons. The minimum Gasteiger partial charge on any atom is -0.508 e. The van der Waals surface area contributed by atoms with Crippen LogP contribution in [0.4, 0.5) is 0 Å². The number of rotatable bonds is 4. The number of nitrogens with zero attached hydrogens (tertiary/aromatic N) is 2. The fourth-order valence-corrected chi connectivity index (χ4v) is 2.00. The summed E-state index contributed by atoms with van der Waals surface area (Å²) in [5.74, 6) is 1.88. The zero-order chi connectivity index (χ0) is 13.1. The van der Waals surface area contributed by atoms with Crippen LogP contribution in [0.15, 0.2) is 30.5 Å². The Morgan fingerprint density at radius 2 is 1.94 bits per heavy atom. The zero-order valence-electron chi connectivity index (χ0n) is 10.9. The van der Waals surface area contributed by atoms with Crippen molar-refractivity contribution >= 4 is 0 Å². The fraction of sp³-hybridized carbons (Fsp3) is 0.357. The Morgan fingerprint density at radius 3 is 2.56 bits per heavy atom. The molecular weight excluding hydrogens is 228 g/mol. The minimum atomic E-state index is 0.238. The molecule has 0 aliphatic carbocycles. The molecule has 0 spiro atoms. The average molecular weight is 246 g/mol. The van der Waals surface area contributed by atoms with Gasteiger partial charge in [0.15, 0.2) is 0 Å². The third-order valence-corrected chi connectivity index (χ3v) is 2.78. The van der Waals surface area contributed by atoms with Gasteiger partial charge in [0.05, 0.1) is 0 Å². The lowest BCUT2D eigenvalue weighted by molar-refractivity contribution is 0.285. The highest BCUT2D eigenvalue weighted by molar-refractivity contribution is 5.30. The molecular formula is C14H18N2O2. The number of benzene rings is 1. The fourth-order valence-electron chi connectivity index (χ4n) is 2.00. The van der Waals surface area contributed by atoms with Crippen molar-refractivity contribution in [3.8, 4) is 11.5 Å². The monoisotopic (exact) mass is 246 g/mol. The molecule has 1 N–H and O–H groups in total. The molecule has 0 bridgehead atoms. The molecule has 0 saturated carbocycles. The van der Waals surface area contributed by atoms with E-state index in [2.05, 4.69) is 23.4 Å². The summed E-state index contributed by atoms with van der Waals surface area (Å²) in [6, 6.07) is 7.06. The van der Waals surface area contributed by atoms with Gasteiger partial charge in [0.1, 0.15) is 23.9 Å². The topological polar surface area (TPSA) is 47.3 Å². The molecule has 1 heterocycles.